The minimum Gasteiger partial charge on any atom is -0.492 e. The fourth-order valence-electron chi connectivity index (χ4n) is 2.77. The molecule has 0 aliphatic heterocycles. The maximum Gasteiger partial charge on any atom is 0.228 e. The number of ether oxygens (including phenoxy) is 1. The van der Waals surface area contributed by atoms with Gasteiger partial charge in [0.25, 0.3) is 0 Å². The topological polar surface area (TPSA) is 67.4 Å². The van der Waals surface area contributed by atoms with Gasteiger partial charge in [0.2, 0.25) is 11.8 Å². The van der Waals surface area contributed by atoms with Gasteiger partial charge < -0.3 is 15.4 Å². The molecule has 2 aromatic rings. The number of hydrogen-bond acceptors (Lipinski definition) is 3. The molecule has 2 aromatic carbocycles. The molecule has 6 heteroatoms. The SMILES string of the molecule is CCOc1ccccc1NC(=O)C1CC1C(=O)NCc1ccc(F)cc1. The van der Waals surface area contributed by atoms with Gasteiger partial charge in [-0.25, -0.2) is 4.39 Å². The van der Waals surface area contributed by atoms with Gasteiger partial charge in [0.1, 0.15) is 11.6 Å². The van der Waals surface area contributed by atoms with Crippen LogP contribution in [0.2, 0.25) is 0 Å². The number of carbonyl (C=O) groups is 2. The highest BCUT2D eigenvalue weighted by Gasteiger charge is 2.48. The summed E-state index contributed by atoms with van der Waals surface area (Å²) in [5.41, 5.74) is 1.42. The second kappa shape index (κ2) is 7.99. The number of benzene rings is 2. The first kappa shape index (κ1) is 17.9. The third-order valence-corrected chi connectivity index (χ3v) is 4.29. The molecule has 0 radical (unpaired) electrons. The van der Waals surface area contributed by atoms with Crippen molar-refractivity contribution in [1.82, 2.24) is 5.32 Å². The van der Waals surface area contributed by atoms with E-state index in [1.807, 2.05) is 19.1 Å². The Morgan fingerprint density at radius 1 is 1.08 bits per heavy atom. The van der Waals surface area contributed by atoms with Gasteiger partial charge in [0.05, 0.1) is 24.1 Å². The molecule has 1 saturated carbocycles. The molecule has 1 fully saturated rings. The van der Waals surface area contributed by atoms with Gasteiger partial charge in [0.15, 0.2) is 0 Å². The first-order chi connectivity index (χ1) is 12.6. The van der Waals surface area contributed by atoms with E-state index in [-0.39, 0.29) is 29.5 Å². The first-order valence-electron chi connectivity index (χ1n) is 8.63. The lowest BCUT2D eigenvalue weighted by Gasteiger charge is -2.11. The number of nitrogens with one attached hydrogen (secondary N) is 2. The Kier molecular flexibility index (Phi) is 5.51. The number of rotatable bonds is 7. The molecule has 3 rings (SSSR count). The van der Waals surface area contributed by atoms with Crippen LogP contribution in [0.25, 0.3) is 0 Å². The smallest absolute Gasteiger partial charge is 0.228 e. The zero-order chi connectivity index (χ0) is 18.5. The van der Waals surface area contributed by atoms with Crippen molar-refractivity contribution in [3.05, 3.63) is 59.9 Å². The molecule has 26 heavy (non-hydrogen) atoms. The number of amides is 2. The second-order valence-corrected chi connectivity index (χ2v) is 6.21. The van der Waals surface area contributed by atoms with Crippen molar-refractivity contribution in [2.45, 2.75) is 19.9 Å². The third kappa shape index (κ3) is 4.39. The highest BCUT2D eigenvalue weighted by Crippen LogP contribution is 2.40. The highest BCUT2D eigenvalue weighted by molar-refractivity contribution is 6.00. The fourth-order valence-corrected chi connectivity index (χ4v) is 2.77. The Hall–Kier alpha value is -2.89. The van der Waals surface area contributed by atoms with Crippen LogP contribution >= 0.6 is 0 Å². The lowest BCUT2D eigenvalue weighted by molar-refractivity contribution is -0.125. The predicted molar refractivity (Wildman–Crippen MR) is 96.1 cm³/mol. The zero-order valence-electron chi connectivity index (χ0n) is 14.5. The number of para-hydroxylation sites is 2. The summed E-state index contributed by atoms with van der Waals surface area (Å²) < 4.78 is 18.4. The standard InChI is InChI=1S/C20H21FN2O3/c1-2-26-18-6-4-3-5-17(18)23-20(25)16-11-15(16)19(24)22-12-13-7-9-14(21)10-8-13/h3-10,15-16H,2,11-12H2,1H3,(H,22,24)(H,23,25). The van der Waals surface area contributed by atoms with Crippen molar-refractivity contribution in [2.24, 2.45) is 11.8 Å². The average molecular weight is 356 g/mol. The summed E-state index contributed by atoms with van der Waals surface area (Å²) in [6, 6.07) is 13.2. The molecule has 0 aromatic heterocycles. The summed E-state index contributed by atoms with van der Waals surface area (Å²) in [5.74, 6) is -0.702. The number of halogens is 1. The van der Waals surface area contributed by atoms with E-state index < -0.39 is 0 Å². The van der Waals surface area contributed by atoms with Gasteiger partial charge in [-0.2, -0.15) is 0 Å². The van der Waals surface area contributed by atoms with Crippen LogP contribution in [0.4, 0.5) is 10.1 Å². The van der Waals surface area contributed by atoms with Crippen LogP contribution in [0, 0.1) is 17.7 Å². The Balaban J connectivity index is 1.50. The largest absolute Gasteiger partial charge is 0.492 e. The zero-order valence-corrected chi connectivity index (χ0v) is 14.5. The van der Waals surface area contributed by atoms with Gasteiger partial charge in [-0.15, -0.1) is 0 Å². The maximum absolute atomic E-state index is 12.9. The lowest BCUT2D eigenvalue weighted by atomic mass is 10.2. The van der Waals surface area contributed by atoms with Crippen LogP contribution < -0.4 is 15.4 Å². The summed E-state index contributed by atoms with van der Waals surface area (Å²) in [4.78, 5) is 24.6. The van der Waals surface area contributed by atoms with E-state index in [0.29, 0.717) is 31.0 Å². The van der Waals surface area contributed by atoms with Crippen LogP contribution in [-0.4, -0.2) is 18.4 Å². The minimum absolute atomic E-state index is 0.160. The number of hydrogen-bond donors (Lipinski definition) is 2. The Morgan fingerprint density at radius 3 is 2.50 bits per heavy atom. The van der Waals surface area contributed by atoms with Gasteiger partial charge in [-0.3, -0.25) is 9.59 Å². The van der Waals surface area contributed by atoms with E-state index in [9.17, 15) is 14.0 Å². The Bertz CT molecular complexity index is 792. The molecule has 0 saturated heterocycles. The second-order valence-electron chi connectivity index (χ2n) is 6.21. The van der Waals surface area contributed by atoms with E-state index >= 15 is 0 Å². The third-order valence-electron chi connectivity index (χ3n) is 4.29. The van der Waals surface area contributed by atoms with Crippen molar-refractivity contribution in [1.29, 1.82) is 0 Å². The molecule has 2 atom stereocenters. The molecule has 136 valence electrons. The molecule has 2 N–H and O–H groups in total. The van der Waals surface area contributed by atoms with Gasteiger partial charge in [0, 0.05) is 6.54 Å². The Morgan fingerprint density at radius 2 is 1.77 bits per heavy atom. The van der Waals surface area contributed by atoms with Crippen molar-refractivity contribution >= 4 is 17.5 Å². The van der Waals surface area contributed by atoms with E-state index in [1.165, 1.54) is 12.1 Å². The minimum atomic E-state index is -0.335. The van der Waals surface area contributed by atoms with Crippen LogP contribution in [0.3, 0.4) is 0 Å². The quantitative estimate of drug-likeness (QED) is 0.801. The van der Waals surface area contributed by atoms with Crippen LogP contribution in [0.15, 0.2) is 48.5 Å². The van der Waals surface area contributed by atoms with Crippen LogP contribution in [0.1, 0.15) is 18.9 Å². The van der Waals surface area contributed by atoms with Gasteiger partial charge in [-0.1, -0.05) is 24.3 Å². The summed E-state index contributed by atoms with van der Waals surface area (Å²) in [7, 11) is 0. The molecule has 1 aliphatic carbocycles. The predicted octanol–water partition coefficient (Wildman–Crippen LogP) is 3.12. The molecule has 0 heterocycles. The molecular weight excluding hydrogens is 335 g/mol. The normalized spacial score (nSPS) is 18.1. The Labute approximate surface area is 151 Å². The van der Waals surface area contributed by atoms with Gasteiger partial charge in [-0.05, 0) is 43.2 Å². The van der Waals surface area contributed by atoms with Crippen molar-refractivity contribution in [3.63, 3.8) is 0 Å². The van der Waals surface area contributed by atoms with E-state index in [4.69, 9.17) is 4.74 Å². The van der Waals surface area contributed by atoms with Gasteiger partial charge >= 0.3 is 0 Å². The summed E-state index contributed by atoms with van der Waals surface area (Å²) >= 11 is 0. The van der Waals surface area contributed by atoms with E-state index in [0.717, 1.165) is 5.56 Å². The summed E-state index contributed by atoms with van der Waals surface area (Å²) in [6.07, 6.45) is 0.526. The summed E-state index contributed by atoms with van der Waals surface area (Å²) in [6.45, 7) is 2.70. The van der Waals surface area contributed by atoms with E-state index in [2.05, 4.69) is 10.6 Å². The van der Waals surface area contributed by atoms with Crippen LogP contribution in [-0.2, 0) is 16.1 Å². The molecule has 2 unspecified atom stereocenters. The number of anilines is 1. The van der Waals surface area contributed by atoms with Crippen molar-refractivity contribution in [3.8, 4) is 5.75 Å². The lowest BCUT2D eigenvalue weighted by Crippen LogP contribution is -2.27. The fraction of sp³-hybridized carbons (Fsp3) is 0.300. The molecule has 2 amide bonds. The molecule has 0 bridgehead atoms. The highest BCUT2D eigenvalue weighted by atomic mass is 19.1. The van der Waals surface area contributed by atoms with Crippen LogP contribution in [0.5, 0.6) is 5.75 Å². The van der Waals surface area contributed by atoms with Crippen molar-refractivity contribution < 1.29 is 18.7 Å². The molecule has 5 nitrogen and oxygen atoms in total. The first-order valence-corrected chi connectivity index (χ1v) is 8.63. The van der Waals surface area contributed by atoms with E-state index in [1.54, 1.807) is 24.3 Å². The molecule has 1 aliphatic rings. The molecule has 0 spiro atoms. The number of carbonyl (C=O) groups excluding carboxylic acids is 2. The van der Waals surface area contributed by atoms with Crippen molar-refractivity contribution in [2.75, 3.05) is 11.9 Å². The summed E-state index contributed by atoms with van der Waals surface area (Å²) in [5, 5.41) is 5.63. The monoisotopic (exact) mass is 356 g/mol. The molecular formula is C20H21FN2O3. The average Bonchev–Trinajstić information content (AvgIpc) is 3.44. The maximum atomic E-state index is 12.9.